The van der Waals surface area contributed by atoms with E-state index in [-0.39, 0.29) is 6.42 Å². The van der Waals surface area contributed by atoms with Gasteiger partial charge < -0.3 is 5.11 Å². The van der Waals surface area contributed by atoms with Crippen LogP contribution in [0.15, 0.2) is 0 Å². The van der Waals surface area contributed by atoms with Crippen molar-refractivity contribution in [3.63, 3.8) is 0 Å². The van der Waals surface area contributed by atoms with Crippen LogP contribution in [-0.2, 0) is 0 Å². The van der Waals surface area contributed by atoms with Crippen LogP contribution in [0.25, 0.3) is 0 Å². The fourth-order valence-electron chi connectivity index (χ4n) is 1.22. The van der Waals surface area contributed by atoms with E-state index in [2.05, 4.69) is 0 Å². The average molecular weight is 136 g/mol. The molecule has 1 saturated carbocycles. The maximum atomic E-state index is 11.8. The van der Waals surface area contributed by atoms with E-state index in [9.17, 15) is 8.78 Å². The second-order valence-corrected chi connectivity index (χ2v) is 2.56. The molecule has 0 bridgehead atoms. The second kappa shape index (κ2) is 2.60. The summed E-state index contributed by atoms with van der Waals surface area (Å²) in [5.74, 6) is -0.542. The number of alkyl halides is 2. The summed E-state index contributed by atoms with van der Waals surface area (Å²) in [6.45, 7) is 0. The lowest BCUT2D eigenvalue weighted by atomic mass is 10.1. The molecule has 3 heteroatoms. The first kappa shape index (κ1) is 6.93. The third kappa shape index (κ3) is 1.61. The number of aliphatic hydroxyl groups is 1. The van der Waals surface area contributed by atoms with Gasteiger partial charge in [-0.05, 0) is 19.3 Å². The van der Waals surface area contributed by atoms with Crippen LogP contribution in [0.4, 0.5) is 8.78 Å². The van der Waals surface area contributed by atoms with Crippen molar-refractivity contribution in [3.05, 3.63) is 0 Å². The van der Waals surface area contributed by atoms with E-state index >= 15 is 0 Å². The van der Waals surface area contributed by atoms with Crippen molar-refractivity contribution in [1.82, 2.24) is 0 Å². The normalized spacial score (nSPS) is 36.0. The van der Waals surface area contributed by atoms with Crippen molar-refractivity contribution in [2.75, 3.05) is 0 Å². The van der Waals surface area contributed by atoms with Gasteiger partial charge in [-0.15, -0.1) is 0 Å². The summed E-state index contributed by atoms with van der Waals surface area (Å²) < 4.78 is 23.6. The molecule has 0 radical (unpaired) electrons. The van der Waals surface area contributed by atoms with Gasteiger partial charge in [0, 0.05) is 5.92 Å². The predicted octanol–water partition coefficient (Wildman–Crippen LogP) is 1.41. The van der Waals surface area contributed by atoms with E-state index in [0.717, 1.165) is 0 Å². The first-order chi connectivity index (χ1) is 4.20. The SMILES string of the molecule is OC1CCC(C(F)F)C1. The van der Waals surface area contributed by atoms with E-state index in [1.165, 1.54) is 0 Å². The summed E-state index contributed by atoms with van der Waals surface area (Å²) in [5.41, 5.74) is 0. The van der Waals surface area contributed by atoms with Crippen molar-refractivity contribution < 1.29 is 13.9 Å². The summed E-state index contributed by atoms with van der Waals surface area (Å²) in [6.07, 6.45) is -1.38. The van der Waals surface area contributed by atoms with E-state index in [1.54, 1.807) is 0 Å². The predicted molar refractivity (Wildman–Crippen MR) is 29.4 cm³/mol. The Kier molecular flexibility index (Phi) is 2.01. The average Bonchev–Trinajstić information content (AvgIpc) is 2.14. The molecule has 1 aliphatic rings. The smallest absolute Gasteiger partial charge is 0.241 e. The minimum atomic E-state index is -2.23. The summed E-state index contributed by atoms with van der Waals surface area (Å²) in [7, 11) is 0. The van der Waals surface area contributed by atoms with Gasteiger partial charge in [-0.2, -0.15) is 0 Å². The Labute approximate surface area is 52.7 Å². The standard InChI is InChI=1S/C6H10F2O/c7-6(8)4-1-2-5(9)3-4/h4-6,9H,1-3H2. The van der Waals surface area contributed by atoms with Crippen LogP contribution in [0.3, 0.4) is 0 Å². The molecule has 0 aliphatic heterocycles. The molecule has 0 aromatic carbocycles. The van der Waals surface area contributed by atoms with Crippen LogP contribution in [-0.4, -0.2) is 17.6 Å². The number of rotatable bonds is 1. The molecule has 9 heavy (non-hydrogen) atoms. The first-order valence-electron chi connectivity index (χ1n) is 3.16. The molecule has 1 rings (SSSR count). The summed E-state index contributed by atoms with van der Waals surface area (Å²) >= 11 is 0. The summed E-state index contributed by atoms with van der Waals surface area (Å²) in [5, 5.41) is 8.82. The van der Waals surface area contributed by atoms with Gasteiger partial charge in [0.25, 0.3) is 0 Å². The van der Waals surface area contributed by atoms with Gasteiger partial charge >= 0.3 is 0 Å². The van der Waals surface area contributed by atoms with E-state index < -0.39 is 18.4 Å². The zero-order chi connectivity index (χ0) is 6.85. The zero-order valence-corrected chi connectivity index (χ0v) is 5.06. The molecule has 0 aromatic rings. The third-order valence-electron chi connectivity index (χ3n) is 1.80. The molecule has 0 spiro atoms. The van der Waals surface area contributed by atoms with Gasteiger partial charge in [0.05, 0.1) is 6.10 Å². The molecule has 0 heterocycles. The lowest BCUT2D eigenvalue weighted by Crippen LogP contribution is -2.08. The number of aliphatic hydroxyl groups excluding tert-OH is 1. The molecule has 1 aliphatic carbocycles. The fraction of sp³-hybridized carbons (Fsp3) is 1.00. The van der Waals surface area contributed by atoms with E-state index in [0.29, 0.717) is 12.8 Å². The Bertz CT molecular complexity index is 95.1. The van der Waals surface area contributed by atoms with Crippen LogP contribution < -0.4 is 0 Å². The van der Waals surface area contributed by atoms with Crippen LogP contribution in [0.1, 0.15) is 19.3 Å². The van der Waals surface area contributed by atoms with Gasteiger partial charge in [-0.25, -0.2) is 8.78 Å². The minimum absolute atomic E-state index is 0.289. The molecular weight excluding hydrogens is 126 g/mol. The molecule has 1 nitrogen and oxygen atoms in total. The van der Waals surface area contributed by atoms with Crippen LogP contribution in [0, 0.1) is 5.92 Å². The summed E-state index contributed by atoms with van der Waals surface area (Å²) in [6, 6.07) is 0. The minimum Gasteiger partial charge on any atom is -0.393 e. The fourth-order valence-corrected chi connectivity index (χ4v) is 1.22. The molecule has 1 N–H and O–H groups in total. The maximum Gasteiger partial charge on any atom is 0.241 e. The topological polar surface area (TPSA) is 20.2 Å². The van der Waals surface area contributed by atoms with Gasteiger partial charge in [0.15, 0.2) is 0 Å². The van der Waals surface area contributed by atoms with Gasteiger partial charge in [-0.1, -0.05) is 0 Å². The van der Waals surface area contributed by atoms with Crippen molar-refractivity contribution in [2.24, 2.45) is 5.92 Å². The Hall–Kier alpha value is -0.180. The highest BCUT2D eigenvalue weighted by Gasteiger charge is 2.29. The number of halogens is 2. The van der Waals surface area contributed by atoms with Crippen molar-refractivity contribution in [2.45, 2.75) is 31.8 Å². The monoisotopic (exact) mass is 136 g/mol. The lowest BCUT2D eigenvalue weighted by molar-refractivity contribution is 0.0702. The molecule has 0 amide bonds. The zero-order valence-electron chi connectivity index (χ0n) is 5.06. The third-order valence-corrected chi connectivity index (χ3v) is 1.80. The van der Waals surface area contributed by atoms with Crippen molar-refractivity contribution in [1.29, 1.82) is 0 Å². The Morgan fingerprint density at radius 2 is 2.00 bits per heavy atom. The van der Waals surface area contributed by atoms with Crippen LogP contribution in [0.2, 0.25) is 0 Å². The highest BCUT2D eigenvalue weighted by atomic mass is 19.3. The number of hydrogen-bond acceptors (Lipinski definition) is 1. The largest absolute Gasteiger partial charge is 0.393 e. The lowest BCUT2D eigenvalue weighted by Gasteiger charge is -2.05. The molecule has 1 fully saturated rings. The Morgan fingerprint density at radius 1 is 1.33 bits per heavy atom. The van der Waals surface area contributed by atoms with Crippen molar-refractivity contribution >= 4 is 0 Å². The molecule has 54 valence electrons. The Balaban J connectivity index is 2.30. The summed E-state index contributed by atoms with van der Waals surface area (Å²) in [4.78, 5) is 0. The molecule has 2 atom stereocenters. The first-order valence-corrected chi connectivity index (χ1v) is 3.16. The Morgan fingerprint density at radius 3 is 2.22 bits per heavy atom. The van der Waals surface area contributed by atoms with Gasteiger partial charge in [0.2, 0.25) is 6.43 Å². The number of hydrogen-bond donors (Lipinski definition) is 1. The molecule has 0 saturated heterocycles. The second-order valence-electron chi connectivity index (χ2n) is 2.56. The van der Waals surface area contributed by atoms with Crippen LogP contribution >= 0.6 is 0 Å². The molecule has 2 unspecified atom stereocenters. The highest BCUT2D eigenvalue weighted by molar-refractivity contribution is 4.75. The quantitative estimate of drug-likeness (QED) is 0.577. The maximum absolute atomic E-state index is 11.8. The van der Waals surface area contributed by atoms with E-state index in [4.69, 9.17) is 5.11 Å². The molecule has 0 aromatic heterocycles. The van der Waals surface area contributed by atoms with Crippen molar-refractivity contribution in [3.8, 4) is 0 Å². The van der Waals surface area contributed by atoms with Gasteiger partial charge in [0.1, 0.15) is 0 Å². The molecular formula is C6H10F2O. The van der Waals surface area contributed by atoms with Crippen LogP contribution in [0.5, 0.6) is 0 Å². The highest BCUT2D eigenvalue weighted by Crippen LogP contribution is 2.30. The van der Waals surface area contributed by atoms with Gasteiger partial charge in [-0.3, -0.25) is 0 Å². The van der Waals surface area contributed by atoms with E-state index in [1.807, 2.05) is 0 Å².